The maximum atomic E-state index is 11.5. The third-order valence-corrected chi connectivity index (χ3v) is 2.97. The van der Waals surface area contributed by atoms with Crippen molar-refractivity contribution in [3.8, 4) is 0 Å². The summed E-state index contributed by atoms with van der Waals surface area (Å²) in [5.74, 6) is -0.241. The molecule has 0 aliphatic carbocycles. The summed E-state index contributed by atoms with van der Waals surface area (Å²) >= 11 is 3.33. The number of aromatic nitrogens is 2. The van der Waals surface area contributed by atoms with E-state index in [0.29, 0.717) is 27.8 Å². The van der Waals surface area contributed by atoms with Crippen LogP contribution in [-0.4, -0.2) is 29.1 Å². The van der Waals surface area contributed by atoms with E-state index in [1.165, 1.54) is 0 Å². The lowest BCUT2D eigenvalue weighted by atomic mass is 10.2. The van der Waals surface area contributed by atoms with E-state index in [2.05, 4.69) is 31.2 Å². The molecule has 7 heteroatoms. The van der Waals surface area contributed by atoms with Gasteiger partial charge in [0.1, 0.15) is 6.61 Å². The summed E-state index contributed by atoms with van der Waals surface area (Å²) < 4.78 is 5.70. The molecule has 0 spiro atoms. The van der Waals surface area contributed by atoms with Crippen molar-refractivity contribution in [2.45, 2.75) is 6.92 Å². The molecule has 3 N–H and O–H groups in total. The number of hydrogen-bond acceptors (Lipinski definition) is 3. The first-order valence-corrected chi connectivity index (χ1v) is 6.18. The van der Waals surface area contributed by atoms with Crippen LogP contribution in [0.4, 0.5) is 5.69 Å². The molecular formula is C11H12BrN3O3. The molecule has 0 saturated heterocycles. The molecule has 2 aromatic rings. The van der Waals surface area contributed by atoms with Gasteiger partial charge in [-0.25, -0.2) is 4.79 Å². The summed E-state index contributed by atoms with van der Waals surface area (Å²) in [6.07, 6.45) is 0. The normalized spacial score (nSPS) is 10.8. The Labute approximate surface area is 111 Å². The number of benzene rings is 1. The average Bonchev–Trinajstić information content (AvgIpc) is 2.66. The Kier molecular flexibility index (Phi) is 3.83. The number of fused-ring (bicyclic) bond motifs is 1. The first kappa shape index (κ1) is 12.8. The second kappa shape index (κ2) is 5.36. The van der Waals surface area contributed by atoms with Gasteiger partial charge in [-0.1, -0.05) is 0 Å². The second-order valence-corrected chi connectivity index (χ2v) is 4.50. The standard InChI is InChI=1S/C11H12BrN3O3/c1-2-18-5-10(16)13-7-4-9-8(3-6(7)12)14-11(17)15-9/h3-4H,2,5H2,1H3,(H,13,16)(H2,14,15,17). The highest BCUT2D eigenvalue weighted by Crippen LogP contribution is 2.26. The van der Waals surface area contributed by atoms with Crippen molar-refractivity contribution in [2.75, 3.05) is 18.5 Å². The molecular weight excluding hydrogens is 302 g/mol. The van der Waals surface area contributed by atoms with E-state index < -0.39 is 0 Å². The summed E-state index contributed by atoms with van der Waals surface area (Å²) in [5, 5.41) is 2.70. The Bertz CT molecular complexity index is 632. The van der Waals surface area contributed by atoms with Gasteiger partial charge in [0.05, 0.1) is 16.7 Å². The minimum absolute atomic E-state index is 0.00460. The second-order valence-electron chi connectivity index (χ2n) is 3.64. The molecule has 6 nitrogen and oxygen atoms in total. The van der Waals surface area contributed by atoms with E-state index in [1.54, 1.807) is 12.1 Å². The quantitative estimate of drug-likeness (QED) is 0.801. The van der Waals surface area contributed by atoms with Crippen LogP contribution >= 0.6 is 15.9 Å². The molecule has 0 radical (unpaired) electrons. The largest absolute Gasteiger partial charge is 0.372 e. The number of ether oxygens (including phenoxy) is 1. The smallest absolute Gasteiger partial charge is 0.323 e. The van der Waals surface area contributed by atoms with E-state index in [-0.39, 0.29) is 18.2 Å². The number of imidazole rings is 1. The Morgan fingerprint density at radius 3 is 2.72 bits per heavy atom. The molecule has 18 heavy (non-hydrogen) atoms. The van der Waals surface area contributed by atoms with Crippen molar-refractivity contribution in [3.05, 3.63) is 27.1 Å². The van der Waals surface area contributed by atoms with Crippen molar-refractivity contribution in [2.24, 2.45) is 0 Å². The van der Waals surface area contributed by atoms with Gasteiger partial charge in [-0.3, -0.25) is 4.79 Å². The van der Waals surface area contributed by atoms with Crippen LogP contribution in [0.5, 0.6) is 0 Å². The van der Waals surface area contributed by atoms with Gasteiger partial charge in [0.15, 0.2) is 0 Å². The Hall–Kier alpha value is -1.60. The monoisotopic (exact) mass is 313 g/mol. The van der Waals surface area contributed by atoms with E-state index >= 15 is 0 Å². The highest BCUT2D eigenvalue weighted by atomic mass is 79.9. The van der Waals surface area contributed by atoms with Crippen LogP contribution in [0.1, 0.15) is 6.92 Å². The van der Waals surface area contributed by atoms with E-state index in [4.69, 9.17) is 4.74 Å². The fourth-order valence-electron chi connectivity index (χ4n) is 1.53. The summed E-state index contributed by atoms with van der Waals surface area (Å²) in [6.45, 7) is 2.31. The van der Waals surface area contributed by atoms with Crippen LogP contribution in [0.15, 0.2) is 21.4 Å². The summed E-state index contributed by atoms with van der Waals surface area (Å²) in [5.41, 5.74) is 1.61. The molecule has 0 saturated carbocycles. The van der Waals surface area contributed by atoms with Gasteiger partial charge in [0.25, 0.3) is 0 Å². The van der Waals surface area contributed by atoms with Crippen molar-refractivity contribution < 1.29 is 9.53 Å². The molecule has 0 unspecified atom stereocenters. The minimum Gasteiger partial charge on any atom is -0.372 e. The van der Waals surface area contributed by atoms with Gasteiger partial charge < -0.3 is 20.0 Å². The van der Waals surface area contributed by atoms with E-state index in [1.807, 2.05) is 6.92 Å². The van der Waals surface area contributed by atoms with Crippen LogP contribution in [0.25, 0.3) is 11.0 Å². The Balaban J connectivity index is 2.24. The number of rotatable bonds is 4. The van der Waals surface area contributed by atoms with Gasteiger partial charge in [0.2, 0.25) is 5.91 Å². The summed E-state index contributed by atoms with van der Waals surface area (Å²) in [4.78, 5) is 27.9. The summed E-state index contributed by atoms with van der Waals surface area (Å²) in [6, 6.07) is 3.41. The topological polar surface area (TPSA) is 87.0 Å². The third-order valence-electron chi connectivity index (χ3n) is 2.31. The lowest BCUT2D eigenvalue weighted by Gasteiger charge is -2.07. The fraction of sp³-hybridized carbons (Fsp3) is 0.273. The Morgan fingerprint density at radius 2 is 2.06 bits per heavy atom. The van der Waals surface area contributed by atoms with Crippen LogP contribution in [0.3, 0.4) is 0 Å². The van der Waals surface area contributed by atoms with Crippen LogP contribution in [-0.2, 0) is 9.53 Å². The van der Waals surface area contributed by atoms with Crippen LogP contribution < -0.4 is 11.0 Å². The molecule has 1 amide bonds. The molecule has 96 valence electrons. The molecule has 0 atom stereocenters. The van der Waals surface area contributed by atoms with Crippen molar-refractivity contribution >= 4 is 38.6 Å². The predicted octanol–water partition coefficient (Wildman–Crippen LogP) is 1.59. The molecule has 0 aliphatic heterocycles. The van der Waals surface area contributed by atoms with Gasteiger partial charge in [-0.2, -0.15) is 0 Å². The van der Waals surface area contributed by atoms with E-state index in [0.717, 1.165) is 0 Å². The number of amides is 1. The number of halogens is 1. The fourth-order valence-corrected chi connectivity index (χ4v) is 1.98. The number of hydrogen-bond donors (Lipinski definition) is 3. The highest BCUT2D eigenvalue weighted by Gasteiger charge is 2.08. The lowest BCUT2D eigenvalue weighted by Crippen LogP contribution is -2.18. The van der Waals surface area contributed by atoms with Gasteiger partial charge >= 0.3 is 5.69 Å². The number of H-pyrrole nitrogens is 2. The highest BCUT2D eigenvalue weighted by molar-refractivity contribution is 9.10. The van der Waals surface area contributed by atoms with Gasteiger partial charge in [-0.15, -0.1) is 0 Å². The molecule has 2 rings (SSSR count). The summed E-state index contributed by atoms with van der Waals surface area (Å²) in [7, 11) is 0. The SMILES string of the molecule is CCOCC(=O)Nc1cc2[nH]c(=O)[nH]c2cc1Br. The molecule has 1 aromatic carbocycles. The van der Waals surface area contributed by atoms with E-state index in [9.17, 15) is 9.59 Å². The van der Waals surface area contributed by atoms with Crippen LogP contribution in [0.2, 0.25) is 0 Å². The van der Waals surface area contributed by atoms with Gasteiger partial charge in [-0.05, 0) is 35.0 Å². The third kappa shape index (κ3) is 2.80. The zero-order valence-corrected chi connectivity index (χ0v) is 11.3. The first-order chi connectivity index (χ1) is 8.60. The average molecular weight is 314 g/mol. The zero-order valence-electron chi connectivity index (χ0n) is 9.67. The molecule has 1 aromatic heterocycles. The maximum Gasteiger partial charge on any atom is 0.323 e. The van der Waals surface area contributed by atoms with Crippen molar-refractivity contribution in [1.82, 2.24) is 9.97 Å². The van der Waals surface area contributed by atoms with Crippen LogP contribution in [0, 0.1) is 0 Å². The number of anilines is 1. The van der Waals surface area contributed by atoms with Gasteiger partial charge in [0, 0.05) is 11.1 Å². The van der Waals surface area contributed by atoms with Crippen molar-refractivity contribution in [3.63, 3.8) is 0 Å². The zero-order chi connectivity index (χ0) is 13.1. The van der Waals surface area contributed by atoms with Crippen molar-refractivity contribution in [1.29, 1.82) is 0 Å². The number of nitrogens with one attached hydrogen (secondary N) is 3. The molecule has 0 fully saturated rings. The number of carbonyl (C=O) groups is 1. The first-order valence-electron chi connectivity index (χ1n) is 5.39. The molecule has 0 bridgehead atoms. The predicted molar refractivity (Wildman–Crippen MR) is 71.7 cm³/mol. The number of carbonyl (C=O) groups excluding carboxylic acids is 1. The molecule has 0 aliphatic rings. The molecule has 1 heterocycles. The Morgan fingerprint density at radius 1 is 1.39 bits per heavy atom. The lowest BCUT2D eigenvalue weighted by molar-refractivity contribution is -0.120. The number of aromatic amines is 2. The minimum atomic E-state index is -0.283. The maximum absolute atomic E-state index is 11.5.